The molecule has 0 radical (unpaired) electrons. The molecule has 0 fully saturated rings. The van der Waals surface area contributed by atoms with Gasteiger partial charge in [-0.25, -0.2) is 9.78 Å². The van der Waals surface area contributed by atoms with Gasteiger partial charge < -0.3 is 9.84 Å². The Kier molecular flexibility index (Phi) is 3.81. The number of hydrogen-bond donors (Lipinski definition) is 1. The van der Waals surface area contributed by atoms with Crippen LogP contribution >= 0.6 is 11.6 Å². The van der Waals surface area contributed by atoms with E-state index in [2.05, 4.69) is 4.98 Å². The second kappa shape index (κ2) is 5.54. The van der Waals surface area contributed by atoms with E-state index in [0.29, 0.717) is 10.8 Å². The summed E-state index contributed by atoms with van der Waals surface area (Å²) in [7, 11) is 0. The highest BCUT2D eigenvalue weighted by Crippen LogP contribution is 2.26. The van der Waals surface area contributed by atoms with Crippen LogP contribution in [-0.4, -0.2) is 21.0 Å². The van der Waals surface area contributed by atoms with Gasteiger partial charge in [-0.2, -0.15) is 0 Å². The van der Waals surface area contributed by atoms with Gasteiger partial charge in [0.15, 0.2) is 0 Å². The van der Waals surface area contributed by atoms with Gasteiger partial charge in [-0.05, 0) is 24.3 Å². The van der Waals surface area contributed by atoms with Crippen LogP contribution in [0.1, 0.15) is 10.4 Å². The monoisotopic (exact) mass is 294 g/mol. The Hall–Kier alpha value is -2.67. The molecule has 1 heterocycles. The fourth-order valence-electron chi connectivity index (χ4n) is 1.39. The van der Waals surface area contributed by atoms with Crippen molar-refractivity contribution >= 4 is 23.3 Å². The molecule has 20 heavy (non-hydrogen) atoms. The van der Waals surface area contributed by atoms with Crippen molar-refractivity contribution in [1.29, 1.82) is 0 Å². The average molecular weight is 295 g/mol. The maximum atomic E-state index is 11.1. The van der Waals surface area contributed by atoms with Gasteiger partial charge in [0.1, 0.15) is 17.5 Å². The lowest BCUT2D eigenvalue weighted by Gasteiger charge is -2.07. The van der Waals surface area contributed by atoms with Crippen molar-refractivity contribution in [1.82, 2.24) is 4.98 Å². The number of benzene rings is 1. The van der Waals surface area contributed by atoms with E-state index in [4.69, 9.17) is 21.4 Å². The minimum atomic E-state index is -1.37. The van der Waals surface area contributed by atoms with Crippen LogP contribution in [0, 0.1) is 10.1 Å². The summed E-state index contributed by atoms with van der Waals surface area (Å²) in [5, 5.41) is 20.1. The lowest BCUT2D eigenvalue weighted by molar-refractivity contribution is -0.385. The van der Waals surface area contributed by atoms with Gasteiger partial charge in [0.2, 0.25) is 5.88 Å². The minimum Gasteiger partial charge on any atom is -0.477 e. The molecule has 7 nitrogen and oxygen atoms in total. The molecule has 0 saturated heterocycles. The molecule has 0 amide bonds. The molecule has 2 rings (SSSR count). The van der Waals surface area contributed by atoms with Crippen LogP contribution < -0.4 is 4.74 Å². The van der Waals surface area contributed by atoms with Crippen molar-refractivity contribution in [3.63, 3.8) is 0 Å². The molecule has 0 aliphatic heterocycles. The van der Waals surface area contributed by atoms with Crippen molar-refractivity contribution in [3.8, 4) is 11.6 Å². The predicted octanol–water partition coefficient (Wildman–Crippen LogP) is 3.13. The highest BCUT2D eigenvalue weighted by molar-refractivity contribution is 6.30. The Morgan fingerprint density at radius 3 is 2.55 bits per heavy atom. The summed E-state index contributed by atoms with van der Waals surface area (Å²) in [6.07, 6.45) is 0.928. The molecule has 0 bridgehead atoms. The van der Waals surface area contributed by atoms with Gasteiger partial charge in [-0.15, -0.1) is 0 Å². The van der Waals surface area contributed by atoms with Crippen LogP contribution in [0.4, 0.5) is 5.69 Å². The maximum absolute atomic E-state index is 11.1. The lowest BCUT2D eigenvalue weighted by Crippen LogP contribution is -2.03. The summed E-state index contributed by atoms with van der Waals surface area (Å²) in [5.41, 5.74) is -0.819. The number of rotatable bonds is 4. The van der Waals surface area contributed by atoms with Gasteiger partial charge in [-0.3, -0.25) is 10.1 Å². The first-order valence-electron chi connectivity index (χ1n) is 5.28. The molecule has 0 unspecified atom stereocenters. The average Bonchev–Trinajstić information content (AvgIpc) is 2.41. The molecule has 102 valence electrons. The van der Waals surface area contributed by atoms with Crippen LogP contribution in [0.15, 0.2) is 36.5 Å². The van der Waals surface area contributed by atoms with Crippen LogP contribution in [0.2, 0.25) is 5.02 Å². The third-order valence-corrected chi connectivity index (χ3v) is 2.56. The number of aromatic carboxylic acids is 1. The van der Waals surface area contributed by atoms with Gasteiger partial charge in [0, 0.05) is 11.1 Å². The Bertz CT molecular complexity index is 672. The number of ether oxygens (including phenoxy) is 1. The number of hydrogen-bond acceptors (Lipinski definition) is 5. The number of aromatic nitrogens is 1. The molecule has 0 aliphatic carbocycles. The van der Waals surface area contributed by atoms with Gasteiger partial charge in [0.25, 0.3) is 5.69 Å². The first-order chi connectivity index (χ1) is 9.47. The smallest absolute Gasteiger partial charge is 0.341 e. The second-order valence-electron chi connectivity index (χ2n) is 3.66. The van der Waals surface area contributed by atoms with Crippen molar-refractivity contribution in [2.45, 2.75) is 0 Å². The van der Waals surface area contributed by atoms with Crippen LogP contribution in [0.3, 0.4) is 0 Å². The zero-order chi connectivity index (χ0) is 14.7. The normalized spacial score (nSPS) is 10.1. The molecule has 0 spiro atoms. The van der Waals surface area contributed by atoms with Gasteiger partial charge in [-0.1, -0.05) is 11.6 Å². The van der Waals surface area contributed by atoms with Crippen molar-refractivity contribution in [2.24, 2.45) is 0 Å². The molecule has 1 N–H and O–H groups in total. The molecule has 0 saturated carbocycles. The number of pyridine rings is 1. The first-order valence-corrected chi connectivity index (χ1v) is 5.66. The van der Waals surface area contributed by atoms with E-state index in [1.54, 1.807) is 12.1 Å². The fourth-order valence-corrected chi connectivity index (χ4v) is 1.52. The van der Waals surface area contributed by atoms with E-state index in [9.17, 15) is 14.9 Å². The zero-order valence-corrected chi connectivity index (χ0v) is 10.6. The van der Waals surface area contributed by atoms with Gasteiger partial charge >= 0.3 is 5.97 Å². The summed E-state index contributed by atoms with van der Waals surface area (Å²) in [4.78, 5) is 24.6. The van der Waals surface area contributed by atoms with E-state index in [-0.39, 0.29) is 5.88 Å². The molecule has 0 atom stereocenters. The quantitative estimate of drug-likeness (QED) is 0.686. The zero-order valence-electron chi connectivity index (χ0n) is 9.82. The Labute approximate surface area is 117 Å². The number of carbonyl (C=O) groups is 1. The standard InChI is InChI=1S/C12H7ClN2O5/c13-7-1-3-9(4-2-7)20-11-10(12(16)17)5-8(6-14-11)15(18)19/h1-6H,(H,16,17). The lowest BCUT2D eigenvalue weighted by atomic mass is 10.2. The van der Waals surface area contributed by atoms with Crippen molar-refractivity contribution in [2.75, 3.05) is 0 Å². The maximum Gasteiger partial charge on any atom is 0.341 e. The highest BCUT2D eigenvalue weighted by atomic mass is 35.5. The van der Waals surface area contributed by atoms with Crippen LogP contribution in [-0.2, 0) is 0 Å². The topological polar surface area (TPSA) is 103 Å². The van der Waals surface area contributed by atoms with E-state index < -0.39 is 22.1 Å². The van der Waals surface area contributed by atoms with Crippen molar-refractivity contribution in [3.05, 3.63) is 57.2 Å². The third-order valence-electron chi connectivity index (χ3n) is 2.31. The number of carboxylic acids is 1. The van der Waals surface area contributed by atoms with Crippen LogP contribution in [0.5, 0.6) is 11.6 Å². The van der Waals surface area contributed by atoms with E-state index in [1.165, 1.54) is 12.1 Å². The van der Waals surface area contributed by atoms with E-state index in [0.717, 1.165) is 12.3 Å². The third kappa shape index (κ3) is 3.01. The van der Waals surface area contributed by atoms with Gasteiger partial charge in [0.05, 0.1) is 4.92 Å². The van der Waals surface area contributed by atoms with Crippen LogP contribution in [0.25, 0.3) is 0 Å². The van der Waals surface area contributed by atoms with E-state index in [1.807, 2.05) is 0 Å². The number of carboxylic acid groups (broad SMARTS) is 1. The fraction of sp³-hybridized carbons (Fsp3) is 0. The Morgan fingerprint density at radius 2 is 2.00 bits per heavy atom. The highest BCUT2D eigenvalue weighted by Gasteiger charge is 2.19. The molecule has 2 aromatic rings. The summed E-state index contributed by atoms with van der Waals surface area (Å²) in [5.74, 6) is -1.28. The molecule has 0 aliphatic rings. The number of nitrogens with zero attached hydrogens (tertiary/aromatic N) is 2. The SMILES string of the molecule is O=C(O)c1cc([N+](=O)[O-])cnc1Oc1ccc(Cl)cc1. The summed E-state index contributed by atoms with van der Waals surface area (Å²) in [6.45, 7) is 0. The predicted molar refractivity (Wildman–Crippen MR) is 69.4 cm³/mol. The summed E-state index contributed by atoms with van der Waals surface area (Å²) >= 11 is 5.71. The molecule has 1 aromatic carbocycles. The largest absolute Gasteiger partial charge is 0.477 e. The van der Waals surface area contributed by atoms with Crippen molar-refractivity contribution < 1.29 is 19.6 Å². The molecular formula is C12H7ClN2O5. The molecule has 8 heteroatoms. The molecular weight excluding hydrogens is 288 g/mol. The number of nitro groups is 1. The Morgan fingerprint density at radius 1 is 1.35 bits per heavy atom. The Balaban J connectivity index is 2.38. The summed E-state index contributed by atoms with van der Waals surface area (Å²) in [6, 6.07) is 7.06. The minimum absolute atomic E-state index is 0.231. The first kappa shape index (κ1) is 13.8. The molecule has 1 aromatic heterocycles. The second-order valence-corrected chi connectivity index (χ2v) is 4.10. The summed E-state index contributed by atoms with van der Waals surface area (Å²) < 4.78 is 5.29. The number of halogens is 1. The van der Waals surface area contributed by atoms with E-state index >= 15 is 0 Å².